The van der Waals surface area contributed by atoms with Crippen LogP contribution in [0, 0.1) is 0 Å². The van der Waals surface area contributed by atoms with E-state index in [1.165, 1.54) is 0 Å². The molecule has 2 nitrogen and oxygen atoms in total. The van der Waals surface area contributed by atoms with Crippen molar-refractivity contribution in [1.82, 2.24) is 5.32 Å². The normalized spacial score (nSPS) is 12.5. The number of nitrogens with one attached hydrogen (secondary N) is 1. The molecule has 0 aromatic heterocycles. The molecule has 1 N–H and O–H groups in total. The molecule has 0 aliphatic rings. The SMILES string of the molecule is CCCNCC(CC)Oc1cc(Cl)c(Br)cc1Cl. The summed E-state index contributed by atoms with van der Waals surface area (Å²) in [5.41, 5.74) is 0. The van der Waals surface area contributed by atoms with Gasteiger partial charge in [0.05, 0.1) is 10.0 Å². The lowest BCUT2D eigenvalue weighted by Crippen LogP contribution is -2.31. The maximum absolute atomic E-state index is 6.13. The van der Waals surface area contributed by atoms with Crippen molar-refractivity contribution in [1.29, 1.82) is 0 Å². The van der Waals surface area contributed by atoms with Crippen LogP contribution in [0.25, 0.3) is 0 Å². The second-order valence-corrected chi connectivity index (χ2v) is 5.72. The quantitative estimate of drug-likeness (QED) is 0.554. The van der Waals surface area contributed by atoms with E-state index in [1.54, 1.807) is 12.1 Å². The van der Waals surface area contributed by atoms with E-state index < -0.39 is 0 Å². The monoisotopic (exact) mass is 353 g/mol. The van der Waals surface area contributed by atoms with Gasteiger partial charge in [0.2, 0.25) is 0 Å². The van der Waals surface area contributed by atoms with Crippen molar-refractivity contribution >= 4 is 39.1 Å². The maximum Gasteiger partial charge on any atom is 0.139 e. The molecule has 1 aromatic rings. The zero-order valence-corrected chi connectivity index (χ0v) is 13.7. The van der Waals surface area contributed by atoms with Gasteiger partial charge in [-0.25, -0.2) is 0 Å². The Morgan fingerprint density at radius 1 is 1.28 bits per heavy atom. The summed E-state index contributed by atoms with van der Waals surface area (Å²) in [7, 11) is 0. The maximum atomic E-state index is 6.13. The zero-order valence-electron chi connectivity index (χ0n) is 10.6. The second-order valence-electron chi connectivity index (χ2n) is 4.05. The highest BCUT2D eigenvalue weighted by atomic mass is 79.9. The highest BCUT2D eigenvalue weighted by Gasteiger charge is 2.12. The van der Waals surface area contributed by atoms with Gasteiger partial charge in [-0.05, 0) is 41.4 Å². The van der Waals surface area contributed by atoms with Crippen LogP contribution < -0.4 is 10.1 Å². The van der Waals surface area contributed by atoms with Gasteiger partial charge in [-0.3, -0.25) is 0 Å². The number of benzene rings is 1. The third kappa shape index (κ3) is 4.96. The van der Waals surface area contributed by atoms with Crippen LogP contribution in [-0.4, -0.2) is 19.2 Å². The third-order valence-electron chi connectivity index (χ3n) is 2.52. The summed E-state index contributed by atoms with van der Waals surface area (Å²) in [6.45, 7) is 6.04. The summed E-state index contributed by atoms with van der Waals surface area (Å²) in [4.78, 5) is 0. The van der Waals surface area contributed by atoms with Crippen molar-refractivity contribution in [2.75, 3.05) is 13.1 Å². The van der Waals surface area contributed by atoms with E-state index in [9.17, 15) is 0 Å². The molecule has 0 saturated heterocycles. The number of halogens is 3. The van der Waals surface area contributed by atoms with E-state index in [2.05, 4.69) is 35.1 Å². The summed E-state index contributed by atoms with van der Waals surface area (Å²) in [6.07, 6.45) is 2.13. The van der Waals surface area contributed by atoms with Gasteiger partial charge in [-0.1, -0.05) is 37.0 Å². The number of rotatable bonds is 7. The van der Waals surface area contributed by atoms with Crippen LogP contribution in [0.1, 0.15) is 26.7 Å². The lowest BCUT2D eigenvalue weighted by atomic mass is 10.2. The molecule has 0 spiro atoms. The van der Waals surface area contributed by atoms with Crippen LogP contribution in [0.15, 0.2) is 16.6 Å². The first kappa shape index (κ1) is 16.1. The van der Waals surface area contributed by atoms with Gasteiger partial charge in [0.25, 0.3) is 0 Å². The Kier molecular flexibility index (Phi) is 7.38. The fourth-order valence-electron chi connectivity index (χ4n) is 1.48. The number of ether oxygens (including phenoxy) is 1. The van der Waals surface area contributed by atoms with Crippen molar-refractivity contribution in [2.45, 2.75) is 32.8 Å². The molecular weight excluding hydrogens is 337 g/mol. The zero-order chi connectivity index (χ0) is 13.5. The molecule has 0 aliphatic carbocycles. The van der Waals surface area contributed by atoms with Gasteiger partial charge < -0.3 is 10.1 Å². The van der Waals surface area contributed by atoms with Crippen molar-refractivity contribution < 1.29 is 4.74 Å². The highest BCUT2D eigenvalue weighted by molar-refractivity contribution is 9.10. The molecular formula is C13H18BrCl2NO. The van der Waals surface area contributed by atoms with E-state index >= 15 is 0 Å². The largest absolute Gasteiger partial charge is 0.487 e. The fourth-order valence-corrected chi connectivity index (χ4v) is 2.32. The summed E-state index contributed by atoms with van der Waals surface area (Å²) in [6, 6.07) is 3.50. The van der Waals surface area contributed by atoms with Gasteiger partial charge >= 0.3 is 0 Å². The standard InChI is InChI=1S/C13H18BrCl2NO/c1-3-5-17-8-9(4-2)18-13-7-11(15)10(14)6-12(13)16/h6-7,9,17H,3-5,8H2,1-2H3. The van der Waals surface area contributed by atoms with Crippen LogP contribution in [0.3, 0.4) is 0 Å². The van der Waals surface area contributed by atoms with Gasteiger partial charge in [0, 0.05) is 17.1 Å². The highest BCUT2D eigenvalue weighted by Crippen LogP contribution is 2.34. The Balaban J connectivity index is 2.66. The Bertz CT molecular complexity index is 387. The molecule has 0 amide bonds. The molecule has 0 radical (unpaired) electrons. The van der Waals surface area contributed by atoms with Crippen molar-refractivity contribution in [3.8, 4) is 5.75 Å². The molecule has 0 aliphatic heterocycles. The van der Waals surface area contributed by atoms with Crippen molar-refractivity contribution in [2.24, 2.45) is 0 Å². The molecule has 0 bridgehead atoms. The molecule has 1 unspecified atom stereocenters. The van der Waals surface area contributed by atoms with Gasteiger partial charge in [0.1, 0.15) is 11.9 Å². The summed E-state index contributed by atoms with van der Waals surface area (Å²) in [5, 5.41) is 4.51. The second kappa shape index (κ2) is 8.26. The lowest BCUT2D eigenvalue weighted by Gasteiger charge is -2.19. The van der Waals surface area contributed by atoms with E-state index in [-0.39, 0.29) is 6.10 Å². The van der Waals surface area contributed by atoms with E-state index in [4.69, 9.17) is 27.9 Å². The minimum absolute atomic E-state index is 0.103. The van der Waals surface area contributed by atoms with Gasteiger partial charge in [-0.15, -0.1) is 0 Å². The predicted octanol–water partition coefficient (Wildman–Crippen LogP) is 4.91. The molecule has 0 fully saturated rings. The Labute approximate surface area is 127 Å². The van der Waals surface area contributed by atoms with E-state index in [1.807, 2.05) is 0 Å². The number of hydrogen-bond acceptors (Lipinski definition) is 2. The minimum Gasteiger partial charge on any atom is -0.487 e. The Morgan fingerprint density at radius 2 is 2.00 bits per heavy atom. The van der Waals surface area contributed by atoms with Crippen molar-refractivity contribution in [3.05, 3.63) is 26.7 Å². The van der Waals surface area contributed by atoms with Crippen LogP contribution in [0.4, 0.5) is 0 Å². The molecule has 0 heterocycles. The first-order valence-corrected chi connectivity index (χ1v) is 7.65. The number of hydrogen-bond donors (Lipinski definition) is 1. The topological polar surface area (TPSA) is 21.3 Å². The van der Waals surface area contributed by atoms with Gasteiger partial charge in [0.15, 0.2) is 0 Å². The van der Waals surface area contributed by atoms with E-state index in [0.29, 0.717) is 15.8 Å². The van der Waals surface area contributed by atoms with E-state index in [0.717, 1.165) is 30.4 Å². The van der Waals surface area contributed by atoms with Crippen molar-refractivity contribution in [3.63, 3.8) is 0 Å². The van der Waals surface area contributed by atoms with Crippen LogP contribution >= 0.6 is 39.1 Å². The van der Waals surface area contributed by atoms with Gasteiger partial charge in [-0.2, -0.15) is 0 Å². The van der Waals surface area contributed by atoms with Crippen LogP contribution in [-0.2, 0) is 0 Å². The average molecular weight is 355 g/mol. The molecule has 102 valence electrons. The molecule has 1 aromatic carbocycles. The third-order valence-corrected chi connectivity index (χ3v) is 4.02. The predicted molar refractivity (Wildman–Crippen MR) is 82.0 cm³/mol. The molecule has 5 heteroatoms. The van der Waals surface area contributed by atoms with Crippen LogP contribution in [0.5, 0.6) is 5.75 Å². The molecule has 1 atom stereocenters. The Hall–Kier alpha value is 0.0400. The fraction of sp³-hybridized carbons (Fsp3) is 0.538. The molecule has 18 heavy (non-hydrogen) atoms. The Morgan fingerprint density at radius 3 is 2.61 bits per heavy atom. The summed E-state index contributed by atoms with van der Waals surface area (Å²) < 4.78 is 6.65. The van der Waals surface area contributed by atoms with Crippen LogP contribution in [0.2, 0.25) is 10.0 Å². The lowest BCUT2D eigenvalue weighted by molar-refractivity contribution is 0.194. The first-order valence-electron chi connectivity index (χ1n) is 6.10. The smallest absolute Gasteiger partial charge is 0.139 e. The average Bonchev–Trinajstić information content (AvgIpc) is 2.34. The molecule has 0 saturated carbocycles. The minimum atomic E-state index is 0.103. The first-order chi connectivity index (χ1) is 8.58. The molecule has 1 rings (SSSR count). The summed E-state index contributed by atoms with van der Waals surface area (Å²) in [5.74, 6) is 0.634. The summed E-state index contributed by atoms with van der Waals surface area (Å²) >= 11 is 15.5.